The van der Waals surface area contributed by atoms with Crippen molar-refractivity contribution in [3.05, 3.63) is 38.3 Å². The monoisotopic (exact) mass is 384 g/mol. The molecule has 0 spiro atoms. The first kappa shape index (κ1) is 17.8. The lowest BCUT2D eigenvalue weighted by atomic mass is 10.2. The maximum absolute atomic E-state index is 12.7. The minimum absolute atomic E-state index is 0.0990. The Labute approximate surface area is 143 Å². The number of carbonyl (C=O) groups is 1. The smallest absolute Gasteiger partial charge is 0.416 e. The van der Waals surface area contributed by atoms with Crippen molar-refractivity contribution in [2.75, 3.05) is 12.4 Å². The van der Waals surface area contributed by atoms with E-state index in [0.717, 1.165) is 11.3 Å². The number of anilines is 1. The van der Waals surface area contributed by atoms with Crippen LogP contribution in [0.25, 0.3) is 0 Å². The Morgan fingerprint density at radius 3 is 2.30 bits per heavy atom. The summed E-state index contributed by atoms with van der Waals surface area (Å²) < 4.78 is 43.0. The van der Waals surface area contributed by atoms with Crippen LogP contribution in [0, 0.1) is 6.92 Å². The number of hydrogen-bond donors (Lipinski definition) is 1. The molecule has 1 aromatic carbocycles. The molecule has 0 saturated heterocycles. The Hall–Kier alpha value is -1.51. The predicted molar refractivity (Wildman–Crippen MR) is 82.8 cm³/mol. The van der Waals surface area contributed by atoms with Gasteiger partial charge in [-0.3, -0.25) is 4.79 Å². The molecule has 1 heterocycles. The highest BCUT2D eigenvalue weighted by atomic mass is 35.5. The highest BCUT2D eigenvalue weighted by molar-refractivity contribution is 7.15. The zero-order chi connectivity index (χ0) is 17.4. The Balaban J connectivity index is 2.33. The van der Waals surface area contributed by atoms with Crippen LogP contribution in [0.5, 0.6) is 5.19 Å². The van der Waals surface area contributed by atoms with Crippen LogP contribution in [0.4, 0.5) is 18.9 Å². The molecule has 0 saturated carbocycles. The van der Waals surface area contributed by atoms with Gasteiger partial charge in [0.1, 0.15) is 4.88 Å². The molecule has 1 N–H and O–H groups in total. The topological polar surface area (TPSA) is 51.2 Å². The van der Waals surface area contributed by atoms with Crippen LogP contribution in [0.15, 0.2) is 12.1 Å². The molecule has 1 amide bonds. The molecule has 2 aromatic rings. The lowest BCUT2D eigenvalue weighted by Crippen LogP contribution is -2.13. The molecular formula is C13H9Cl2F3N2O2S. The molecule has 23 heavy (non-hydrogen) atoms. The maximum atomic E-state index is 12.7. The fourth-order valence-electron chi connectivity index (χ4n) is 1.70. The molecule has 0 fully saturated rings. The summed E-state index contributed by atoms with van der Waals surface area (Å²) in [5.41, 5.74) is -0.678. The van der Waals surface area contributed by atoms with E-state index in [9.17, 15) is 18.0 Å². The van der Waals surface area contributed by atoms with Gasteiger partial charge < -0.3 is 10.1 Å². The van der Waals surface area contributed by atoms with Crippen molar-refractivity contribution < 1.29 is 22.7 Å². The van der Waals surface area contributed by atoms with E-state index in [-0.39, 0.29) is 25.8 Å². The summed E-state index contributed by atoms with van der Waals surface area (Å²) in [5.74, 6) is -0.591. The van der Waals surface area contributed by atoms with Gasteiger partial charge in [0.15, 0.2) is 0 Å². The highest BCUT2D eigenvalue weighted by Crippen LogP contribution is 2.39. The minimum atomic E-state index is -4.59. The van der Waals surface area contributed by atoms with Crippen molar-refractivity contribution >= 4 is 46.1 Å². The molecular weight excluding hydrogens is 376 g/mol. The van der Waals surface area contributed by atoms with Gasteiger partial charge in [-0.25, -0.2) is 4.98 Å². The molecule has 2 rings (SSSR count). The Morgan fingerprint density at radius 2 is 1.87 bits per heavy atom. The third-order valence-electron chi connectivity index (χ3n) is 2.77. The number of nitrogens with zero attached hydrogens (tertiary/aromatic N) is 1. The van der Waals surface area contributed by atoms with Crippen molar-refractivity contribution in [1.29, 1.82) is 0 Å². The highest BCUT2D eigenvalue weighted by Gasteiger charge is 2.32. The molecule has 10 heteroatoms. The number of hydrogen-bond acceptors (Lipinski definition) is 4. The van der Waals surface area contributed by atoms with E-state index < -0.39 is 17.6 Å². The van der Waals surface area contributed by atoms with Gasteiger partial charge in [0, 0.05) is 0 Å². The fraction of sp³-hybridized carbons (Fsp3) is 0.231. The lowest BCUT2D eigenvalue weighted by molar-refractivity contribution is -0.137. The number of nitrogens with one attached hydrogen (secondary N) is 1. The second kappa shape index (κ2) is 6.54. The number of ether oxygens (including phenoxy) is 1. The summed E-state index contributed by atoms with van der Waals surface area (Å²) in [6.07, 6.45) is -4.59. The first-order chi connectivity index (χ1) is 10.6. The Bertz CT molecular complexity index is 739. The SMILES string of the molecule is COc1nc(C)c(C(=O)Nc2c(Cl)cc(C(F)(F)F)cc2Cl)s1. The molecule has 0 aliphatic carbocycles. The van der Waals surface area contributed by atoms with Crippen LogP contribution in [-0.2, 0) is 6.18 Å². The standard InChI is InChI=1S/C13H9Cl2F3N2O2S/c1-5-10(23-12(19-5)22-2)11(21)20-9-7(14)3-6(4-8(9)15)13(16,17)18/h3-4H,1-2H3,(H,20,21). The summed E-state index contributed by atoms with van der Waals surface area (Å²) in [5, 5.41) is 2.06. The Morgan fingerprint density at radius 1 is 1.30 bits per heavy atom. The van der Waals surface area contributed by atoms with Gasteiger partial charge in [-0.1, -0.05) is 34.5 Å². The van der Waals surface area contributed by atoms with Crippen molar-refractivity contribution in [2.45, 2.75) is 13.1 Å². The van der Waals surface area contributed by atoms with Crippen molar-refractivity contribution in [2.24, 2.45) is 0 Å². The van der Waals surface area contributed by atoms with Gasteiger partial charge in [0.2, 0.25) is 0 Å². The number of benzene rings is 1. The van der Waals surface area contributed by atoms with Crippen LogP contribution in [-0.4, -0.2) is 18.0 Å². The van der Waals surface area contributed by atoms with Gasteiger partial charge >= 0.3 is 6.18 Å². The first-order valence-corrected chi connectivity index (χ1v) is 7.59. The molecule has 124 valence electrons. The third kappa shape index (κ3) is 3.88. The van der Waals surface area contributed by atoms with E-state index in [1.807, 2.05) is 0 Å². The van der Waals surface area contributed by atoms with E-state index >= 15 is 0 Å². The van der Waals surface area contributed by atoms with Crippen LogP contribution in [0.2, 0.25) is 10.0 Å². The predicted octanol–water partition coefficient (Wildman–Crippen LogP) is 5.04. The number of methoxy groups -OCH3 is 1. The second-order valence-corrected chi connectivity index (χ2v) is 6.14. The molecule has 4 nitrogen and oxygen atoms in total. The molecule has 0 radical (unpaired) electrons. The number of alkyl halides is 3. The molecule has 0 bridgehead atoms. The van der Waals surface area contributed by atoms with E-state index in [1.165, 1.54) is 7.11 Å². The number of carbonyl (C=O) groups excluding carboxylic acids is 1. The van der Waals surface area contributed by atoms with E-state index in [4.69, 9.17) is 27.9 Å². The van der Waals surface area contributed by atoms with Crippen LogP contribution >= 0.6 is 34.5 Å². The number of aromatic nitrogens is 1. The summed E-state index contributed by atoms with van der Waals surface area (Å²) >= 11 is 12.6. The average molecular weight is 385 g/mol. The zero-order valence-electron chi connectivity index (χ0n) is 11.7. The molecule has 1 aromatic heterocycles. The lowest BCUT2D eigenvalue weighted by Gasteiger charge is -2.13. The van der Waals surface area contributed by atoms with E-state index in [2.05, 4.69) is 10.3 Å². The van der Waals surface area contributed by atoms with Crippen LogP contribution in [0.3, 0.4) is 0 Å². The summed E-state index contributed by atoms with van der Waals surface area (Å²) in [6.45, 7) is 1.60. The van der Waals surface area contributed by atoms with Gasteiger partial charge in [-0.15, -0.1) is 0 Å². The van der Waals surface area contributed by atoms with E-state index in [0.29, 0.717) is 17.8 Å². The number of rotatable bonds is 3. The average Bonchev–Trinajstić information content (AvgIpc) is 2.82. The second-order valence-electron chi connectivity index (χ2n) is 4.37. The van der Waals surface area contributed by atoms with Crippen molar-refractivity contribution in [3.8, 4) is 5.19 Å². The van der Waals surface area contributed by atoms with E-state index in [1.54, 1.807) is 6.92 Å². The molecule has 0 aliphatic rings. The van der Waals surface area contributed by atoms with Gasteiger partial charge in [0.05, 0.1) is 34.1 Å². The number of aryl methyl sites for hydroxylation is 1. The largest absolute Gasteiger partial charge is 0.473 e. The Kier molecular flexibility index (Phi) is 5.07. The number of halogens is 5. The number of amides is 1. The van der Waals surface area contributed by atoms with Crippen LogP contribution in [0.1, 0.15) is 20.9 Å². The van der Waals surface area contributed by atoms with Gasteiger partial charge in [-0.2, -0.15) is 13.2 Å². The summed E-state index contributed by atoms with van der Waals surface area (Å²) in [4.78, 5) is 16.5. The molecule has 0 atom stereocenters. The number of thiazole rings is 1. The first-order valence-electron chi connectivity index (χ1n) is 6.02. The third-order valence-corrected chi connectivity index (χ3v) is 4.48. The fourth-order valence-corrected chi connectivity index (χ4v) is 3.06. The van der Waals surface area contributed by atoms with Gasteiger partial charge in [-0.05, 0) is 19.1 Å². The minimum Gasteiger partial charge on any atom is -0.473 e. The molecule has 0 aliphatic heterocycles. The zero-order valence-corrected chi connectivity index (χ0v) is 14.0. The quantitative estimate of drug-likeness (QED) is 0.806. The normalized spacial score (nSPS) is 11.4. The summed E-state index contributed by atoms with van der Waals surface area (Å²) in [7, 11) is 1.41. The van der Waals surface area contributed by atoms with Gasteiger partial charge in [0.25, 0.3) is 11.1 Å². The molecule has 0 unspecified atom stereocenters. The summed E-state index contributed by atoms with van der Waals surface area (Å²) in [6, 6.07) is 1.40. The van der Waals surface area contributed by atoms with Crippen LogP contribution < -0.4 is 10.1 Å². The maximum Gasteiger partial charge on any atom is 0.416 e. The van der Waals surface area contributed by atoms with Crippen molar-refractivity contribution in [1.82, 2.24) is 4.98 Å². The van der Waals surface area contributed by atoms with Crippen molar-refractivity contribution in [3.63, 3.8) is 0 Å².